The van der Waals surface area contributed by atoms with Crippen molar-refractivity contribution in [2.45, 2.75) is 5.37 Å². The number of thioether (sulfide) groups is 1. The van der Waals surface area contributed by atoms with Gasteiger partial charge in [0.05, 0.1) is 16.0 Å². The second-order valence-corrected chi connectivity index (χ2v) is 6.88. The molecule has 4 rings (SSSR count). The van der Waals surface area contributed by atoms with Crippen LogP contribution in [0.15, 0.2) is 54.6 Å². The van der Waals surface area contributed by atoms with E-state index in [-0.39, 0.29) is 11.3 Å². The summed E-state index contributed by atoms with van der Waals surface area (Å²) < 4.78 is 1.11. The monoisotopic (exact) mass is 312 g/mol. The van der Waals surface area contributed by atoms with E-state index in [0.717, 1.165) is 20.9 Å². The first kappa shape index (κ1) is 12.9. The maximum absolute atomic E-state index is 12.3. The first-order chi connectivity index (χ1) is 10.3. The van der Waals surface area contributed by atoms with Gasteiger partial charge in [0, 0.05) is 0 Å². The topological polar surface area (TPSA) is 33.2 Å². The molecular formula is C16H12N2OS2. The number of carbonyl (C=O) groups excluding carboxylic acids is 1. The summed E-state index contributed by atoms with van der Waals surface area (Å²) in [6.07, 6.45) is 0. The maximum atomic E-state index is 12.3. The van der Waals surface area contributed by atoms with Crippen molar-refractivity contribution in [3.63, 3.8) is 0 Å². The quantitative estimate of drug-likeness (QED) is 0.715. The first-order valence-corrected chi connectivity index (χ1v) is 8.53. The molecule has 0 saturated carbocycles. The highest BCUT2D eigenvalue weighted by Crippen LogP contribution is 2.43. The Labute approximate surface area is 130 Å². The molecule has 2 aromatic carbocycles. The van der Waals surface area contributed by atoms with Gasteiger partial charge in [-0.2, -0.15) is 0 Å². The highest BCUT2D eigenvalue weighted by molar-refractivity contribution is 8.00. The molecule has 1 atom stereocenters. The second kappa shape index (κ2) is 5.16. The Kier molecular flexibility index (Phi) is 3.16. The van der Waals surface area contributed by atoms with Crippen LogP contribution < -0.4 is 4.90 Å². The van der Waals surface area contributed by atoms with E-state index in [0.29, 0.717) is 5.75 Å². The molecule has 1 amide bonds. The number of para-hydroxylation sites is 1. The Morgan fingerprint density at radius 1 is 1.05 bits per heavy atom. The van der Waals surface area contributed by atoms with Gasteiger partial charge in [-0.1, -0.05) is 53.8 Å². The molecule has 0 unspecified atom stereocenters. The summed E-state index contributed by atoms with van der Waals surface area (Å²) in [4.78, 5) is 18.8. The molecule has 21 heavy (non-hydrogen) atoms. The summed E-state index contributed by atoms with van der Waals surface area (Å²) >= 11 is 3.24. The zero-order chi connectivity index (χ0) is 14.2. The fraction of sp³-hybridized carbons (Fsp3) is 0.125. The number of amides is 1. The minimum Gasteiger partial charge on any atom is -0.273 e. The van der Waals surface area contributed by atoms with Crippen LogP contribution in [0.25, 0.3) is 10.2 Å². The SMILES string of the molecule is O=C1CS[C@H](c2ccccc2)N1c1nc2ccccc2s1. The third-order valence-corrected chi connectivity index (χ3v) is 5.69. The van der Waals surface area contributed by atoms with E-state index in [4.69, 9.17) is 0 Å². The van der Waals surface area contributed by atoms with Crippen LogP contribution in [0.3, 0.4) is 0 Å². The second-order valence-electron chi connectivity index (χ2n) is 4.80. The molecular weight excluding hydrogens is 300 g/mol. The van der Waals surface area contributed by atoms with Gasteiger partial charge in [-0.05, 0) is 17.7 Å². The average Bonchev–Trinajstić information content (AvgIpc) is 3.11. The number of benzene rings is 2. The molecule has 0 spiro atoms. The molecule has 1 fully saturated rings. The number of hydrogen-bond acceptors (Lipinski definition) is 4. The van der Waals surface area contributed by atoms with E-state index in [2.05, 4.69) is 17.1 Å². The number of anilines is 1. The minimum absolute atomic E-state index is 0.0271. The van der Waals surface area contributed by atoms with Gasteiger partial charge < -0.3 is 0 Å². The van der Waals surface area contributed by atoms with Crippen LogP contribution in [0.5, 0.6) is 0 Å². The third-order valence-electron chi connectivity index (χ3n) is 3.44. The van der Waals surface area contributed by atoms with Gasteiger partial charge in [0.25, 0.3) is 0 Å². The van der Waals surface area contributed by atoms with Crippen molar-refractivity contribution in [1.29, 1.82) is 0 Å². The predicted molar refractivity (Wildman–Crippen MR) is 88.7 cm³/mol. The van der Waals surface area contributed by atoms with Crippen LogP contribution in [-0.4, -0.2) is 16.6 Å². The molecule has 3 nitrogen and oxygen atoms in total. The fourth-order valence-corrected chi connectivity index (χ4v) is 4.69. The summed E-state index contributed by atoms with van der Waals surface area (Å²) in [6, 6.07) is 18.1. The van der Waals surface area contributed by atoms with Crippen molar-refractivity contribution in [2.75, 3.05) is 10.7 Å². The van der Waals surface area contributed by atoms with Crippen LogP contribution in [-0.2, 0) is 4.79 Å². The van der Waals surface area contributed by atoms with Crippen molar-refractivity contribution in [2.24, 2.45) is 0 Å². The van der Waals surface area contributed by atoms with Gasteiger partial charge >= 0.3 is 0 Å². The Morgan fingerprint density at radius 3 is 2.62 bits per heavy atom. The average molecular weight is 312 g/mol. The molecule has 0 bridgehead atoms. The standard InChI is InChI=1S/C16H12N2OS2/c19-14-10-20-15(11-6-2-1-3-7-11)18(14)16-17-12-8-4-5-9-13(12)21-16/h1-9,15H,10H2/t15-/m1/s1. The van der Waals surface area contributed by atoms with Crippen LogP contribution in [0.1, 0.15) is 10.9 Å². The maximum Gasteiger partial charge on any atom is 0.240 e. The largest absolute Gasteiger partial charge is 0.273 e. The zero-order valence-corrected chi connectivity index (χ0v) is 12.7. The van der Waals surface area contributed by atoms with Crippen LogP contribution >= 0.6 is 23.1 Å². The molecule has 104 valence electrons. The molecule has 2 heterocycles. The summed E-state index contributed by atoms with van der Waals surface area (Å²) in [5, 5.41) is 0.819. The fourth-order valence-electron chi connectivity index (χ4n) is 2.46. The number of thiazole rings is 1. The number of aromatic nitrogens is 1. The summed E-state index contributed by atoms with van der Waals surface area (Å²) in [7, 11) is 0. The highest BCUT2D eigenvalue weighted by atomic mass is 32.2. The molecule has 1 aliphatic heterocycles. The summed E-state index contributed by atoms with van der Waals surface area (Å²) in [6.45, 7) is 0. The Bertz CT molecular complexity index is 767. The lowest BCUT2D eigenvalue weighted by atomic mass is 10.2. The molecule has 1 aliphatic rings. The lowest BCUT2D eigenvalue weighted by Crippen LogP contribution is -2.27. The Hall–Kier alpha value is -1.85. The molecule has 1 saturated heterocycles. The smallest absolute Gasteiger partial charge is 0.240 e. The molecule has 0 radical (unpaired) electrons. The van der Waals surface area contributed by atoms with E-state index in [1.54, 1.807) is 23.1 Å². The van der Waals surface area contributed by atoms with E-state index in [1.165, 1.54) is 0 Å². The Balaban J connectivity index is 1.78. The number of fused-ring (bicyclic) bond motifs is 1. The number of hydrogen-bond donors (Lipinski definition) is 0. The first-order valence-electron chi connectivity index (χ1n) is 6.67. The van der Waals surface area contributed by atoms with Crippen LogP contribution in [0, 0.1) is 0 Å². The Morgan fingerprint density at radius 2 is 1.81 bits per heavy atom. The van der Waals surface area contributed by atoms with Crippen molar-refractivity contribution in [1.82, 2.24) is 4.98 Å². The zero-order valence-electron chi connectivity index (χ0n) is 11.1. The minimum atomic E-state index is 0.0271. The molecule has 0 aliphatic carbocycles. The molecule has 5 heteroatoms. The van der Waals surface area contributed by atoms with E-state index < -0.39 is 0 Å². The van der Waals surface area contributed by atoms with Gasteiger partial charge in [-0.15, -0.1) is 11.8 Å². The van der Waals surface area contributed by atoms with Crippen molar-refractivity contribution in [3.05, 3.63) is 60.2 Å². The molecule has 1 aromatic heterocycles. The van der Waals surface area contributed by atoms with Gasteiger partial charge in [0.2, 0.25) is 5.91 Å². The molecule has 3 aromatic rings. The van der Waals surface area contributed by atoms with Gasteiger partial charge in [-0.3, -0.25) is 9.69 Å². The van der Waals surface area contributed by atoms with Crippen molar-refractivity contribution < 1.29 is 4.79 Å². The van der Waals surface area contributed by atoms with Crippen molar-refractivity contribution >= 4 is 44.4 Å². The van der Waals surface area contributed by atoms with Gasteiger partial charge in [0.15, 0.2) is 5.13 Å². The van der Waals surface area contributed by atoms with Gasteiger partial charge in [-0.25, -0.2) is 4.98 Å². The number of nitrogens with zero attached hydrogens (tertiary/aromatic N) is 2. The molecule has 0 N–H and O–H groups in total. The van der Waals surface area contributed by atoms with Crippen LogP contribution in [0.2, 0.25) is 0 Å². The van der Waals surface area contributed by atoms with E-state index in [9.17, 15) is 4.79 Å². The van der Waals surface area contributed by atoms with Gasteiger partial charge in [0.1, 0.15) is 5.37 Å². The van der Waals surface area contributed by atoms with E-state index in [1.807, 2.05) is 47.4 Å². The van der Waals surface area contributed by atoms with E-state index >= 15 is 0 Å². The normalized spacial score (nSPS) is 18.6. The summed E-state index contributed by atoms with van der Waals surface area (Å²) in [5.41, 5.74) is 2.10. The number of rotatable bonds is 2. The predicted octanol–water partition coefficient (Wildman–Crippen LogP) is 4.07. The third kappa shape index (κ3) is 2.22. The van der Waals surface area contributed by atoms with Crippen molar-refractivity contribution in [3.8, 4) is 0 Å². The van der Waals surface area contributed by atoms with Crippen LogP contribution in [0.4, 0.5) is 5.13 Å². The summed E-state index contributed by atoms with van der Waals surface area (Å²) in [5.74, 6) is 0.642. The highest BCUT2D eigenvalue weighted by Gasteiger charge is 2.35. The lowest BCUT2D eigenvalue weighted by molar-refractivity contribution is -0.115. The lowest BCUT2D eigenvalue weighted by Gasteiger charge is -2.21. The number of carbonyl (C=O) groups is 1.